The molecule has 0 radical (unpaired) electrons. The Morgan fingerprint density at radius 2 is 2.07 bits per heavy atom. The molecule has 0 aliphatic rings. The van der Waals surface area contributed by atoms with E-state index in [-0.39, 0.29) is 6.04 Å². The first-order valence-electron chi connectivity index (χ1n) is 4.65. The average molecular weight is 302 g/mol. The van der Waals surface area contributed by atoms with Gasteiger partial charge in [-0.1, -0.05) is 0 Å². The number of aryl methyl sites for hydroxylation is 2. The second kappa shape index (κ2) is 4.37. The van der Waals surface area contributed by atoms with Crippen LogP contribution in [0.3, 0.4) is 0 Å². The van der Waals surface area contributed by atoms with E-state index in [2.05, 4.69) is 47.3 Å². The normalized spacial score (nSPS) is 13.1. The molecule has 0 aromatic carbocycles. The van der Waals surface area contributed by atoms with Gasteiger partial charge in [0.15, 0.2) is 0 Å². The van der Waals surface area contributed by atoms with E-state index in [1.54, 1.807) is 22.7 Å². The van der Waals surface area contributed by atoms with Gasteiger partial charge in [0, 0.05) is 9.75 Å². The predicted molar refractivity (Wildman–Crippen MR) is 71.8 cm³/mol. The van der Waals surface area contributed by atoms with Crippen LogP contribution in [0.25, 0.3) is 0 Å². The molecule has 2 aromatic heterocycles. The monoisotopic (exact) mass is 301 g/mol. The molecule has 80 valence electrons. The summed E-state index contributed by atoms with van der Waals surface area (Å²) in [7, 11) is 0. The summed E-state index contributed by atoms with van der Waals surface area (Å²) < 4.78 is 1.18. The van der Waals surface area contributed by atoms with Gasteiger partial charge in [0.05, 0.1) is 9.83 Å². The molecule has 1 nitrogen and oxygen atoms in total. The molecular weight excluding hydrogens is 290 g/mol. The second-order valence-electron chi connectivity index (χ2n) is 3.55. The van der Waals surface area contributed by atoms with Gasteiger partial charge in [0.2, 0.25) is 0 Å². The van der Waals surface area contributed by atoms with Gasteiger partial charge in [-0.05, 0) is 58.4 Å². The van der Waals surface area contributed by atoms with E-state index in [0.29, 0.717) is 0 Å². The van der Waals surface area contributed by atoms with E-state index in [4.69, 9.17) is 5.73 Å². The minimum Gasteiger partial charge on any atom is -0.319 e. The Labute approximate surface area is 106 Å². The third-order valence-corrected chi connectivity index (χ3v) is 5.69. The van der Waals surface area contributed by atoms with Gasteiger partial charge in [0.25, 0.3) is 0 Å². The molecule has 0 fully saturated rings. The van der Waals surface area contributed by atoms with Crippen LogP contribution < -0.4 is 5.73 Å². The largest absolute Gasteiger partial charge is 0.319 e. The van der Waals surface area contributed by atoms with Crippen molar-refractivity contribution in [1.29, 1.82) is 0 Å². The molecule has 15 heavy (non-hydrogen) atoms. The first-order chi connectivity index (χ1) is 7.09. The Bertz CT molecular complexity index is 453. The van der Waals surface area contributed by atoms with E-state index in [1.165, 1.54) is 24.7 Å². The number of thiophene rings is 2. The van der Waals surface area contributed by atoms with Crippen molar-refractivity contribution in [2.75, 3.05) is 0 Å². The summed E-state index contributed by atoms with van der Waals surface area (Å²) in [6, 6.07) is 4.31. The number of hydrogen-bond donors (Lipinski definition) is 1. The van der Waals surface area contributed by atoms with Crippen molar-refractivity contribution in [3.05, 3.63) is 42.2 Å². The topological polar surface area (TPSA) is 26.0 Å². The summed E-state index contributed by atoms with van der Waals surface area (Å²) in [5, 5.41) is 2.10. The summed E-state index contributed by atoms with van der Waals surface area (Å²) >= 11 is 6.99. The van der Waals surface area contributed by atoms with Crippen LogP contribution in [0.15, 0.2) is 21.3 Å². The van der Waals surface area contributed by atoms with Gasteiger partial charge in [0.1, 0.15) is 0 Å². The predicted octanol–water partition coefficient (Wildman–Crippen LogP) is 4.24. The van der Waals surface area contributed by atoms with Crippen molar-refractivity contribution >= 4 is 38.6 Å². The van der Waals surface area contributed by atoms with Crippen LogP contribution >= 0.6 is 38.6 Å². The van der Waals surface area contributed by atoms with Gasteiger partial charge < -0.3 is 5.73 Å². The van der Waals surface area contributed by atoms with Gasteiger partial charge >= 0.3 is 0 Å². The van der Waals surface area contributed by atoms with Gasteiger partial charge in [-0.25, -0.2) is 0 Å². The zero-order chi connectivity index (χ0) is 11.0. The number of halogens is 1. The quantitative estimate of drug-likeness (QED) is 0.882. The van der Waals surface area contributed by atoms with E-state index in [1.807, 2.05) is 0 Å². The number of nitrogens with two attached hydrogens (primary N) is 1. The Morgan fingerprint density at radius 1 is 1.33 bits per heavy atom. The molecule has 0 amide bonds. The third-order valence-electron chi connectivity index (χ3n) is 2.37. The van der Waals surface area contributed by atoms with E-state index < -0.39 is 0 Å². The first kappa shape index (κ1) is 11.3. The molecule has 0 aliphatic heterocycles. The molecular formula is C11H12BrNS2. The van der Waals surface area contributed by atoms with Crippen molar-refractivity contribution in [3.8, 4) is 0 Å². The Morgan fingerprint density at radius 3 is 2.53 bits per heavy atom. The van der Waals surface area contributed by atoms with Crippen molar-refractivity contribution in [2.45, 2.75) is 19.9 Å². The smallest absolute Gasteiger partial charge is 0.0743 e. The van der Waals surface area contributed by atoms with E-state index in [9.17, 15) is 0 Å². The van der Waals surface area contributed by atoms with Crippen LogP contribution in [-0.2, 0) is 0 Å². The standard InChI is InChI=1S/C11H12BrNS2/c1-6-3-4-14-10(6)9(13)8-5-7(2)11(12)15-8/h3-5,9H,13H2,1-2H3. The van der Waals surface area contributed by atoms with Crippen LogP contribution in [0.1, 0.15) is 26.9 Å². The van der Waals surface area contributed by atoms with Crippen molar-refractivity contribution in [3.63, 3.8) is 0 Å². The minimum absolute atomic E-state index is 0.0278. The maximum atomic E-state index is 6.24. The number of rotatable bonds is 2. The molecule has 2 aromatic rings. The maximum Gasteiger partial charge on any atom is 0.0743 e. The highest BCUT2D eigenvalue weighted by Gasteiger charge is 2.15. The molecule has 0 saturated carbocycles. The van der Waals surface area contributed by atoms with Gasteiger partial charge in [-0.15, -0.1) is 22.7 Å². The molecule has 2 rings (SSSR count). The maximum absolute atomic E-state index is 6.24. The molecule has 0 aliphatic carbocycles. The summed E-state index contributed by atoms with van der Waals surface area (Å²) in [5.41, 5.74) is 8.79. The fraction of sp³-hybridized carbons (Fsp3) is 0.273. The van der Waals surface area contributed by atoms with Crippen molar-refractivity contribution < 1.29 is 0 Å². The lowest BCUT2D eigenvalue weighted by Gasteiger charge is -2.08. The highest BCUT2D eigenvalue weighted by molar-refractivity contribution is 9.11. The highest BCUT2D eigenvalue weighted by Crippen LogP contribution is 2.35. The fourth-order valence-electron chi connectivity index (χ4n) is 1.47. The number of hydrogen-bond acceptors (Lipinski definition) is 3. The van der Waals surface area contributed by atoms with Crippen molar-refractivity contribution in [1.82, 2.24) is 0 Å². The van der Waals surface area contributed by atoms with Crippen molar-refractivity contribution in [2.24, 2.45) is 5.73 Å². The minimum atomic E-state index is 0.0278. The van der Waals surface area contributed by atoms with Crippen LogP contribution in [-0.4, -0.2) is 0 Å². The lowest BCUT2D eigenvalue weighted by atomic mass is 10.1. The fourth-order valence-corrected chi connectivity index (χ4v) is 4.07. The second-order valence-corrected chi connectivity index (χ2v) is 6.90. The van der Waals surface area contributed by atoms with Crippen LogP contribution in [0.5, 0.6) is 0 Å². The molecule has 0 saturated heterocycles. The molecule has 0 spiro atoms. The molecule has 1 atom stereocenters. The van der Waals surface area contributed by atoms with Gasteiger partial charge in [-0.3, -0.25) is 0 Å². The molecule has 1 unspecified atom stereocenters. The zero-order valence-electron chi connectivity index (χ0n) is 8.58. The summed E-state index contributed by atoms with van der Waals surface area (Å²) in [6.07, 6.45) is 0. The van der Waals surface area contributed by atoms with E-state index in [0.717, 1.165) is 0 Å². The summed E-state index contributed by atoms with van der Waals surface area (Å²) in [4.78, 5) is 2.49. The lowest BCUT2D eigenvalue weighted by molar-refractivity contribution is 0.907. The van der Waals surface area contributed by atoms with Crippen LogP contribution in [0, 0.1) is 13.8 Å². The molecule has 0 bridgehead atoms. The SMILES string of the molecule is Cc1cc(C(N)c2sccc2C)sc1Br. The van der Waals surface area contributed by atoms with Gasteiger partial charge in [-0.2, -0.15) is 0 Å². The lowest BCUT2D eigenvalue weighted by Crippen LogP contribution is -2.09. The molecule has 2 heterocycles. The third kappa shape index (κ3) is 2.18. The highest BCUT2D eigenvalue weighted by atomic mass is 79.9. The summed E-state index contributed by atoms with van der Waals surface area (Å²) in [5.74, 6) is 0. The average Bonchev–Trinajstić information content (AvgIpc) is 2.74. The van der Waals surface area contributed by atoms with Crippen LogP contribution in [0.4, 0.5) is 0 Å². The Hall–Kier alpha value is -0.160. The Kier molecular flexibility index (Phi) is 3.30. The summed E-state index contributed by atoms with van der Waals surface area (Å²) in [6.45, 7) is 4.21. The van der Waals surface area contributed by atoms with E-state index >= 15 is 0 Å². The zero-order valence-corrected chi connectivity index (χ0v) is 11.8. The van der Waals surface area contributed by atoms with Crippen LogP contribution in [0.2, 0.25) is 0 Å². The molecule has 4 heteroatoms. The molecule has 2 N–H and O–H groups in total. The first-order valence-corrected chi connectivity index (χ1v) is 7.14. The Balaban J connectivity index is 2.36.